The standard InChI is InChI=1S/C11H17N3/c1-7-10-6-9(12)4-5-14(10)11(13-7)8-2-3-8/h8-9H,2-6,12H2,1H3. The molecule has 2 heterocycles. The van der Waals surface area contributed by atoms with Crippen molar-refractivity contribution in [3.8, 4) is 0 Å². The van der Waals surface area contributed by atoms with Crippen molar-refractivity contribution in [3.05, 3.63) is 17.2 Å². The van der Waals surface area contributed by atoms with Crippen molar-refractivity contribution in [2.45, 2.75) is 51.1 Å². The summed E-state index contributed by atoms with van der Waals surface area (Å²) < 4.78 is 2.43. The predicted octanol–water partition coefficient (Wildman–Crippen LogP) is 1.34. The minimum atomic E-state index is 0.352. The Hall–Kier alpha value is -0.830. The van der Waals surface area contributed by atoms with Gasteiger partial charge >= 0.3 is 0 Å². The van der Waals surface area contributed by atoms with Gasteiger partial charge in [0.2, 0.25) is 0 Å². The summed E-state index contributed by atoms with van der Waals surface area (Å²) in [4.78, 5) is 4.70. The first kappa shape index (κ1) is 8.48. The van der Waals surface area contributed by atoms with E-state index in [1.54, 1.807) is 0 Å². The minimum Gasteiger partial charge on any atom is -0.331 e. The Bertz CT molecular complexity index is 363. The third-order valence-electron chi connectivity index (χ3n) is 3.42. The van der Waals surface area contributed by atoms with Gasteiger partial charge in [-0.1, -0.05) is 0 Å². The number of hydrogen-bond acceptors (Lipinski definition) is 2. The van der Waals surface area contributed by atoms with Crippen LogP contribution in [0.15, 0.2) is 0 Å². The van der Waals surface area contributed by atoms with Gasteiger partial charge in [-0.3, -0.25) is 0 Å². The van der Waals surface area contributed by atoms with Crippen molar-refractivity contribution in [2.24, 2.45) is 5.73 Å². The van der Waals surface area contributed by atoms with Crippen molar-refractivity contribution >= 4 is 0 Å². The van der Waals surface area contributed by atoms with Gasteiger partial charge in [-0.15, -0.1) is 0 Å². The van der Waals surface area contributed by atoms with Gasteiger partial charge in [0, 0.05) is 30.6 Å². The van der Waals surface area contributed by atoms with Crippen LogP contribution in [0.2, 0.25) is 0 Å². The summed E-state index contributed by atoms with van der Waals surface area (Å²) >= 11 is 0. The molecule has 1 aromatic heterocycles. The average Bonchev–Trinajstić information content (AvgIpc) is 2.94. The molecule has 1 aliphatic carbocycles. The highest BCUT2D eigenvalue weighted by Crippen LogP contribution is 2.40. The Labute approximate surface area is 84.3 Å². The number of fused-ring (bicyclic) bond motifs is 1. The Kier molecular flexibility index (Phi) is 1.71. The van der Waals surface area contributed by atoms with E-state index in [-0.39, 0.29) is 0 Å². The lowest BCUT2D eigenvalue weighted by molar-refractivity contribution is 0.459. The zero-order valence-corrected chi connectivity index (χ0v) is 8.66. The second-order valence-corrected chi connectivity index (χ2v) is 4.68. The van der Waals surface area contributed by atoms with Crippen LogP contribution in [-0.2, 0) is 13.0 Å². The molecule has 1 aliphatic heterocycles. The number of nitrogens with two attached hydrogens (primary N) is 1. The summed E-state index contributed by atoms with van der Waals surface area (Å²) in [6, 6.07) is 0.352. The quantitative estimate of drug-likeness (QED) is 0.728. The molecule has 76 valence electrons. The molecule has 0 amide bonds. The van der Waals surface area contributed by atoms with Crippen molar-refractivity contribution in [2.75, 3.05) is 0 Å². The number of imidazole rings is 1. The van der Waals surface area contributed by atoms with Crippen LogP contribution in [0.4, 0.5) is 0 Å². The number of aromatic nitrogens is 2. The van der Waals surface area contributed by atoms with E-state index in [1.807, 2.05) is 0 Å². The lowest BCUT2D eigenvalue weighted by atomic mass is 10.0. The summed E-state index contributed by atoms with van der Waals surface area (Å²) in [5.74, 6) is 2.10. The van der Waals surface area contributed by atoms with Crippen LogP contribution in [0, 0.1) is 6.92 Å². The molecule has 0 saturated heterocycles. The number of hydrogen-bond donors (Lipinski definition) is 1. The van der Waals surface area contributed by atoms with Crippen LogP contribution < -0.4 is 5.73 Å². The van der Waals surface area contributed by atoms with E-state index in [4.69, 9.17) is 10.7 Å². The van der Waals surface area contributed by atoms with Gasteiger partial charge in [0.1, 0.15) is 5.82 Å². The summed E-state index contributed by atoms with van der Waals surface area (Å²) in [6.07, 6.45) is 4.80. The highest BCUT2D eigenvalue weighted by atomic mass is 15.1. The molecule has 2 aliphatic rings. The predicted molar refractivity (Wildman–Crippen MR) is 55.2 cm³/mol. The average molecular weight is 191 g/mol. The molecule has 0 radical (unpaired) electrons. The first-order chi connectivity index (χ1) is 6.75. The smallest absolute Gasteiger partial charge is 0.112 e. The third-order valence-corrected chi connectivity index (χ3v) is 3.42. The second-order valence-electron chi connectivity index (χ2n) is 4.68. The molecular weight excluding hydrogens is 174 g/mol. The molecule has 1 aromatic rings. The Morgan fingerprint density at radius 2 is 2.14 bits per heavy atom. The van der Waals surface area contributed by atoms with Crippen LogP contribution >= 0.6 is 0 Å². The normalized spacial score (nSPS) is 26.3. The van der Waals surface area contributed by atoms with Gasteiger partial charge in [-0.25, -0.2) is 4.98 Å². The van der Waals surface area contributed by atoms with Crippen LogP contribution in [0.5, 0.6) is 0 Å². The SMILES string of the molecule is Cc1nc(C2CC2)n2c1CC(N)CC2. The van der Waals surface area contributed by atoms with Crippen molar-refractivity contribution in [3.63, 3.8) is 0 Å². The van der Waals surface area contributed by atoms with Crippen LogP contribution in [0.3, 0.4) is 0 Å². The van der Waals surface area contributed by atoms with Gasteiger partial charge in [-0.2, -0.15) is 0 Å². The van der Waals surface area contributed by atoms with Crippen molar-refractivity contribution < 1.29 is 0 Å². The maximum atomic E-state index is 5.98. The fourth-order valence-electron chi connectivity index (χ4n) is 2.44. The highest BCUT2D eigenvalue weighted by molar-refractivity contribution is 5.23. The molecular formula is C11H17N3. The van der Waals surface area contributed by atoms with E-state index in [1.165, 1.54) is 30.1 Å². The molecule has 0 aromatic carbocycles. The lowest BCUT2D eigenvalue weighted by Gasteiger charge is -2.22. The maximum absolute atomic E-state index is 5.98. The monoisotopic (exact) mass is 191 g/mol. The number of nitrogens with zero attached hydrogens (tertiary/aromatic N) is 2. The molecule has 3 nitrogen and oxygen atoms in total. The van der Waals surface area contributed by atoms with Crippen LogP contribution in [-0.4, -0.2) is 15.6 Å². The Morgan fingerprint density at radius 3 is 2.86 bits per heavy atom. The first-order valence-corrected chi connectivity index (χ1v) is 5.57. The first-order valence-electron chi connectivity index (χ1n) is 5.57. The zero-order chi connectivity index (χ0) is 9.71. The van der Waals surface area contributed by atoms with E-state index in [0.717, 1.165) is 25.3 Å². The van der Waals surface area contributed by atoms with Crippen LogP contribution in [0.1, 0.15) is 42.4 Å². The molecule has 2 N–H and O–H groups in total. The second kappa shape index (κ2) is 2.83. The van der Waals surface area contributed by atoms with Gasteiger partial charge in [0.05, 0.1) is 5.69 Å². The summed E-state index contributed by atoms with van der Waals surface area (Å²) in [5.41, 5.74) is 8.58. The third kappa shape index (κ3) is 1.19. The molecule has 0 spiro atoms. The lowest BCUT2D eigenvalue weighted by Crippen LogP contribution is -2.31. The molecule has 1 fully saturated rings. The van der Waals surface area contributed by atoms with E-state index in [0.29, 0.717) is 6.04 Å². The van der Waals surface area contributed by atoms with E-state index in [9.17, 15) is 0 Å². The van der Waals surface area contributed by atoms with Gasteiger partial charge < -0.3 is 10.3 Å². The Balaban J connectivity index is 2.04. The molecule has 1 unspecified atom stereocenters. The summed E-state index contributed by atoms with van der Waals surface area (Å²) in [7, 11) is 0. The van der Waals surface area contributed by atoms with Gasteiger partial charge in [0.25, 0.3) is 0 Å². The van der Waals surface area contributed by atoms with E-state index in [2.05, 4.69) is 11.5 Å². The number of rotatable bonds is 1. The highest BCUT2D eigenvalue weighted by Gasteiger charge is 2.32. The molecule has 3 rings (SSSR count). The maximum Gasteiger partial charge on any atom is 0.112 e. The molecule has 0 bridgehead atoms. The summed E-state index contributed by atoms with van der Waals surface area (Å²) in [5, 5.41) is 0. The van der Waals surface area contributed by atoms with E-state index >= 15 is 0 Å². The van der Waals surface area contributed by atoms with E-state index < -0.39 is 0 Å². The molecule has 1 atom stereocenters. The fourth-order valence-corrected chi connectivity index (χ4v) is 2.44. The topological polar surface area (TPSA) is 43.8 Å². The van der Waals surface area contributed by atoms with Gasteiger partial charge in [0.15, 0.2) is 0 Å². The summed E-state index contributed by atoms with van der Waals surface area (Å²) in [6.45, 7) is 3.21. The molecule has 1 saturated carbocycles. The largest absolute Gasteiger partial charge is 0.331 e. The van der Waals surface area contributed by atoms with Gasteiger partial charge in [-0.05, 0) is 26.2 Å². The molecule has 14 heavy (non-hydrogen) atoms. The van der Waals surface area contributed by atoms with Crippen molar-refractivity contribution in [1.82, 2.24) is 9.55 Å². The van der Waals surface area contributed by atoms with Crippen LogP contribution in [0.25, 0.3) is 0 Å². The number of aryl methyl sites for hydroxylation is 1. The molecule has 3 heteroatoms. The Morgan fingerprint density at radius 1 is 1.36 bits per heavy atom. The minimum absolute atomic E-state index is 0.352. The zero-order valence-electron chi connectivity index (χ0n) is 8.66. The van der Waals surface area contributed by atoms with Crippen molar-refractivity contribution in [1.29, 1.82) is 0 Å². The fraction of sp³-hybridized carbons (Fsp3) is 0.727.